The first-order valence-corrected chi connectivity index (χ1v) is 23.0. The number of nitrogens with zero attached hydrogens (tertiary/aromatic N) is 5. The van der Waals surface area contributed by atoms with E-state index >= 15 is 4.39 Å². The van der Waals surface area contributed by atoms with Gasteiger partial charge in [-0.25, -0.2) is 17.6 Å². The van der Waals surface area contributed by atoms with Gasteiger partial charge in [-0.1, -0.05) is 24.6 Å². The van der Waals surface area contributed by atoms with E-state index in [9.17, 15) is 18.0 Å². The average Bonchev–Trinajstić information content (AvgIpc) is 3.85. The molecule has 1 unspecified atom stereocenters. The molecule has 3 atom stereocenters. The molecule has 5 saturated heterocycles. The van der Waals surface area contributed by atoms with Crippen molar-refractivity contribution in [3.63, 3.8) is 0 Å². The second-order valence-corrected chi connectivity index (χ2v) is 19.8. The van der Waals surface area contributed by atoms with Gasteiger partial charge in [0.25, 0.3) is 0 Å². The number of methoxy groups -OCH3 is 1. The Bertz CT molecular complexity index is 1850. The minimum atomic E-state index is -3.52. The van der Waals surface area contributed by atoms with Crippen LogP contribution in [-0.2, 0) is 24.8 Å². The van der Waals surface area contributed by atoms with Gasteiger partial charge in [0.15, 0.2) is 9.84 Å². The lowest BCUT2D eigenvalue weighted by Crippen LogP contribution is -2.60. The molecule has 0 bridgehead atoms. The number of ether oxygens (including phenoxy) is 1. The Kier molecular flexibility index (Phi) is 12.3. The van der Waals surface area contributed by atoms with Crippen LogP contribution in [-0.4, -0.2) is 144 Å². The number of piperidine rings is 1. The Morgan fingerprint density at radius 2 is 1.58 bits per heavy atom. The minimum absolute atomic E-state index is 0.00808. The summed E-state index contributed by atoms with van der Waals surface area (Å²) in [7, 11) is -2.10. The van der Waals surface area contributed by atoms with E-state index in [1.807, 2.05) is 24.3 Å². The molecule has 2 aromatic rings. The summed E-state index contributed by atoms with van der Waals surface area (Å²) in [6.07, 6.45) is 11.7. The highest BCUT2D eigenvalue weighted by Gasteiger charge is 2.53. The summed E-state index contributed by atoms with van der Waals surface area (Å²) in [4.78, 5) is 36.8. The van der Waals surface area contributed by atoms with E-state index in [4.69, 9.17) is 4.74 Å². The van der Waals surface area contributed by atoms with E-state index in [-0.39, 0.29) is 48.3 Å². The second-order valence-electron chi connectivity index (χ2n) is 17.6. The highest BCUT2D eigenvalue weighted by Crippen LogP contribution is 2.51. The van der Waals surface area contributed by atoms with Crippen molar-refractivity contribution in [3.8, 4) is 0 Å². The lowest BCUT2D eigenvalue weighted by molar-refractivity contribution is -0.129. The molecule has 0 aromatic heterocycles. The molecule has 8 rings (SSSR count). The molecule has 2 aromatic carbocycles. The van der Waals surface area contributed by atoms with Gasteiger partial charge in [0, 0.05) is 75.0 Å². The van der Waals surface area contributed by atoms with Gasteiger partial charge in [0.2, 0.25) is 5.91 Å². The number of benzene rings is 2. The van der Waals surface area contributed by atoms with Crippen LogP contribution in [0.25, 0.3) is 0 Å². The summed E-state index contributed by atoms with van der Waals surface area (Å²) in [6.45, 7) is 11.3. The Hall–Kier alpha value is -3.52. The van der Waals surface area contributed by atoms with Gasteiger partial charge in [-0.3, -0.25) is 9.69 Å². The number of sulfone groups is 1. The van der Waals surface area contributed by atoms with Gasteiger partial charge in [0.1, 0.15) is 11.1 Å². The summed E-state index contributed by atoms with van der Waals surface area (Å²) < 4.78 is 46.8. The topological polar surface area (TPSA) is 106 Å². The molecule has 6 fully saturated rings. The number of rotatable bonds is 14. The maximum atomic E-state index is 15.0. The summed E-state index contributed by atoms with van der Waals surface area (Å²) in [5.74, 6) is 0.776. The number of nitrogens with one attached hydrogen (secondary N) is 1. The molecule has 5 heterocycles. The average molecular weight is 805 g/mol. The maximum absolute atomic E-state index is 15.0. The number of carbonyl (C=O) groups is 2. The monoisotopic (exact) mass is 804 g/mol. The Labute approximate surface area is 338 Å². The van der Waals surface area contributed by atoms with Crippen molar-refractivity contribution in [1.29, 1.82) is 0 Å². The lowest BCUT2D eigenvalue weighted by Gasteiger charge is -2.54. The SMILES string of the molecule is COC(=O)N[C@H]1CCC[C@@H]1C(CN1CCC1)(c1cccc(F)c1)C1CCN(CC2CN(c3ccc(S(=O)(=O)C4CN(C(=O)/C=C/CN5CCCC5)C4)cc3)C2)CC1. The van der Waals surface area contributed by atoms with E-state index in [1.54, 1.807) is 35.2 Å². The molecule has 2 amide bonds. The fourth-order valence-electron chi connectivity index (χ4n) is 10.9. The normalized spacial score (nSPS) is 25.6. The molecule has 0 radical (unpaired) electrons. The van der Waals surface area contributed by atoms with Crippen LogP contribution < -0.4 is 10.2 Å². The zero-order valence-electron chi connectivity index (χ0n) is 33.6. The van der Waals surface area contributed by atoms with Gasteiger partial charge < -0.3 is 29.7 Å². The van der Waals surface area contributed by atoms with Crippen LogP contribution >= 0.6 is 0 Å². The molecule has 1 N–H and O–H groups in total. The Morgan fingerprint density at radius 3 is 2.25 bits per heavy atom. The van der Waals surface area contributed by atoms with Crippen molar-refractivity contribution in [2.45, 2.75) is 73.0 Å². The number of halogens is 1. The van der Waals surface area contributed by atoms with Crippen LogP contribution in [0.15, 0.2) is 65.6 Å². The van der Waals surface area contributed by atoms with Gasteiger partial charge >= 0.3 is 6.09 Å². The fourth-order valence-corrected chi connectivity index (χ4v) is 12.5. The first-order chi connectivity index (χ1) is 27.6. The van der Waals surface area contributed by atoms with Crippen LogP contribution in [0, 0.1) is 23.6 Å². The number of anilines is 1. The predicted molar refractivity (Wildman–Crippen MR) is 219 cm³/mol. The number of carbonyl (C=O) groups excluding carboxylic acids is 2. The van der Waals surface area contributed by atoms with Crippen molar-refractivity contribution >= 4 is 27.5 Å². The minimum Gasteiger partial charge on any atom is -0.453 e. The van der Waals surface area contributed by atoms with Crippen LogP contribution in [0.3, 0.4) is 0 Å². The van der Waals surface area contributed by atoms with Gasteiger partial charge in [-0.15, -0.1) is 0 Å². The van der Waals surface area contributed by atoms with Crippen LogP contribution in [0.4, 0.5) is 14.9 Å². The zero-order valence-corrected chi connectivity index (χ0v) is 34.4. The number of alkyl carbamates (subject to hydrolysis) is 1. The molecule has 6 aliphatic rings. The Morgan fingerprint density at radius 1 is 0.860 bits per heavy atom. The van der Waals surface area contributed by atoms with Crippen molar-refractivity contribution in [2.24, 2.45) is 17.8 Å². The number of hydrogen-bond acceptors (Lipinski definition) is 9. The maximum Gasteiger partial charge on any atom is 0.407 e. The van der Waals surface area contributed by atoms with Gasteiger partial charge in [0.05, 0.1) is 12.0 Å². The first kappa shape index (κ1) is 40.3. The van der Waals surface area contributed by atoms with Crippen molar-refractivity contribution in [1.82, 2.24) is 24.9 Å². The van der Waals surface area contributed by atoms with E-state index in [0.717, 1.165) is 115 Å². The summed E-state index contributed by atoms with van der Waals surface area (Å²) in [6, 6.07) is 14.6. The number of amides is 2. The second kappa shape index (κ2) is 17.4. The smallest absolute Gasteiger partial charge is 0.407 e. The number of likely N-dealkylation sites (tertiary alicyclic amines) is 4. The van der Waals surface area contributed by atoms with E-state index in [2.05, 4.69) is 31.0 Å². The van der Waals surface area contributed by atoms with Gasteiger partial charge in [-0.2, -0.15) is 0 Å². The molecule has 1 saturated carbocycles. The molecule has 1 aliphatic carbocycles. The molecule has 5 aliphatic heterocycles. The van der Waals surface area contributed by atoms with E-state index in [1.165, 1.54) is 26.4 Å². The quantitative estimate of drug-likeness (QED) is 0.271. The number of hydrogen-bond donors (Lipinski definition) is 1. The van der Waals surface area contributed by atoms with E-state index < -0.39 is 15.1 Å². The molecular weight excluding hydrogens is 744 g/mol. The standard InChI is InChI=1S/C44H61FN6O5S/c1-56-43(53)46-41-11-5-10-40(41)44(32-49-22-7-23-49,35-8-4-9-36(45)26-35)34-17-24-48(25-18-34)27-33-28-50(29-33)37-13-15-38(16-14-37)57(54,55)39-30-51(31-39)42(52)12-6-21-47-19-2-3-20-47/h4,6,8-9,12-16,26,33-34,39-41H,2-3,5,7,10-11,17-25,27-32H2,1H3,(H,46,53)/b12-6+/t40-,41-,44?/m0/s1. The first-order valence-electron chi connectivity index (χ1n) is 21.4. The Balaban J connectivity index is 0.846. The van der Waals surface area contributed by atoms with Crippen LogP contribution in [0.1, 0.15) is 56.9 Å². The predicted octanol–water partition coefficient (Wildman–Crippen LogP) is 4.78. The van der Waals surface area contributed by atoms with Crippen LogP contribution in [0.2, 0.25) is 0 Å². The van der Waals surface area contributed by atoms with E-state index in [0.29, 0.717) is 16.7 Å². The highest BCUT2D eigenvalue weighted by molar-refractivity contribution is 7.92. The van der Waals surface area contributed by atoms with Crippen molar-refractivity contribution < 1.29 is 27.1 Å². The molecule has 13 heteroatoms. The van der Waals surface area contributed by atoms with Crippen LogP contribution in [0.5, 0.6) is 0 Å². The third-order valence-electron chi connectivity index (χ3n) is 14.2. The molecule has 310 valence electrons. The van der Waals surface area contributed by atoms with Gasteiger partial charge in [-0.05, 0) is 138 Å². The summed E-state index contributed by atoms with van der Waals surface area (Å²) >= 11 is 0. The molecule has 57 heavy (non-hydrogen) atoms. The summed E-state index contributed by atoms with van der Waals surface area (Å²) in [5.41, 5.74) is 1.84. The largest absolute Gasteiger partial charge is 0.453 e. The fraction of sp³-hybridized carbons (Fsp3) is 0.636. The highest BCUT2D eigenvalue weighted by atomic mass is 32.2. The third-order valence-corrected chi connectivity index (χ3v) is 16.3. The third kappa shape index (κ3) is 8.63. The molecule has 11 nitrogen and oxygen atoms in total. The molecular formula is C44H61FN6O5S. The van der Waals surface area contributed by atoms with Crippen molar-refractivity contribution in [2.75, 3.05) is 97.1 Å². The molecule has 0 spiro atoms. The summed E-state index contributed by atoms with van der Waals surface area (Å²) in [5, 5.41) is 2.62. The van der Waals surface area contributed by atoms with Crippen molar-refractivity contribution in [3.05, 3.63) is 72.1 Å². The lowest BCUT2D eigenvalue weighted by atomic mass is 9.57. The zero-order chi connectivity index (χ0) is 39.6.